The summed E-state index contributed by atoms with van der Waals surface area (Å²) in [7, 11) is 0. The van der Waals surface area contributed by atoms with Crippen molar-refractivity contribution in [1.29, 1.82) is 0 Å². The Balaban J connectivity index is 2.11. The number of hydrogen-bond donors (Lipinski definition) is 2. The molecule has 0 aliphatic carbocycles. The molecule has 20 heavy (non-hydrogen) atoms. The Bertz CT molecular complexity index is 617. The third kappa shape index (κ3) is 3.57. The van der Waals surface area contributed by atoms with Gasteiger partial charge in [0.15, 0.2) is 0 Å². The third-order valence-electron chi connectivity index (χ3n) is 2.87. The predicted molar refractivity (Wildman–Crippen MR) is 81.3 cm³/mol. The van der Waals surface area contributed by atoms with Gasteiger partial charge in [-0.1, -0.05) is 46.3 Å². The Kier molecular flexibility index (Phi) is 4.74. The van der Waals surface area contributed by atoms with Crippen LogP contribution in [0.15, 0.2) is 46.9 Å². The molecule has 3 nitrogen and oxygen atoms in total. The smallest absolute Gasteiger partial charge is 0.253 e. The van der Waals surface area contributed by atoms with Crippen molar-refractivity contribution in [3.05, 3.63) is 63.9 Å². The Labute approximate surface area is 125 Å². The number of carbonyl (C=O) groups excluding carboxylic acids is 1. The minimum Gasteiger partial charge on any atom is -0.384 e. The summed E-state index contributed by atoms with van der Waals surface area (Å²) in [5.41, 5.74) is 6.67. The maximum absolute atomic E-state index is 13.7. The molecular formula is C15H14BrFN2O. The molecule has 0 fully saturated rings. The van der Waals surface area contributed by atoms with Crippen LogP contribution < -0.4 is 11.1 Å². The van der Waals surface area contributed by atoms with Crippen LogP contribution in [0, 0.1) is 5.82 Å². The average molecular weight is 337 g/mol. The lowest BCUT2D eigenvalue weighted by Gasteiger charge is -2.11. The maximum Gasteiger partial charge on any atom is 0.253 e. The molecule has 0 saturated heterocycles. The highest BCUT2D eigenvalue weighted by atomic mass is 79.9. The number of rotatable bonds is 5. The van der Waals surface area contributed by atoms with Crippen LogP contribution in [0.5, 0.6) is 0 Å². The molecule has 0 spiro atoms. The van der Waals surface area contributed by atoms with Crippen molar-refractivity contribution in [2.75, 3.05) is 11.9 Å². The van der Waals surface area contributed by atoms with Crippen molar-refractivity contribution in [3.63, 3.8) is 0 Å². The number of carbonyl (C=O) groups is 1. The van der Waals surface area contributed by atoms with Crippen LogP contribution in [0.25, 0.3) is 0 Å². The lowest BCUT2D eigenvalue weighted by Crippen LogP contribution is -2.17. The Morgan fingerprint density at radius 3 is 2.60 bits per heavy atom. The van der Waals surface area contributed by atoms with E-state index in [1.807, 2.05) is 30.3 Å². The Morgan fingerprint density at radius 2 is 1.95 bits per heavy atom. The first-order chi connectivity index (χ1) is 9.58. The zero-order chi connectivity index (χ0) is 14.5. The summed E-state index contributed by atoms with van der Waals surface area (Å²) in [5.74, 6) is -1.41. The number of primary amides is 1. The quantitative estimate of drug-likeness (QED) is 0.879. The molecule has 0 aliphatic heterocycles. The lowest BCUT2D eigenvalue weighted by atomic mass is 10.1. The SMILES string of the molecule is NC(=O)c1c(F)cc(Br)cc1NCCc1ccccc1. The van der Waals surface area contributed by atoms with Gasteiger partial charge in [0.25, 0.3) is 5.91 Å². The summed E-state index contributed by atoms with van der Waals surface area (Å²) in [6.07, 6.45) is 0.771. The predicted octanol–water partition coefficient (Wildman–Crippen LogP) is 3.34. The second kappa shape index (κ2) is 6.52. The molecule has 2 aromatic carbocycles. The molecule has 2 rings (SSSR count). The molecule has 0 unspecified atom stereocenters. The minimum absolute atomic E-state index is 0.110. The summed E-state index contributed by atoms with van der Waals surface area (Å²) in [6, 6.07) is 12.8. The van der Waals surface area contributed by atoms with E-state index < -0.39 is 11.7 Å². The van der Waals surface area contributed by atoms with Crippen LogP contribution in [-0.2, 0) is 6.42 Å². The Hall–Kier alpha value is -1.88. The van der Waals surface area contributed by atoms with Crippen molar-refractivity contribution in [2.45, 2.75) is 6.42 Å². The number of benzene rings is 2. The van der Waals surface area contributed by atoms with Gasteiger partial charge in [0, 0.05) is 11.0 Å². The topological polar surface area (TPSA) is 55.1 Å². The van der Waals surface area contributed by atoms with Gasteiger partial charge in [-0.3, -0.25) is 4.79 Å². The highest BCUT2D eigenvalue weighted by Crippen LogP contribution is 2.24. The first-order valence-electron chi connectivity index (χ1n) is 6.14. The van der Waals surface area contributed by atoms with Gasteiger partial charge in [-0.25, -0.2) is 4.39 Å². The van der Waals surface area contributed by atoms with E-state index in [1.165, 1.54) is 6.07 Å². The van der Waals surface area contributed by atoms with E-state index in [1.54, 1.807) is 6.07 Å². The van der Waals surface area contributed by atoms with Crippen molar-refractivity contribution < 1.29 is 9.18 Å². The summed E-state index contributed by atoms with van der Waals surface area (Å²) < 4.78 is 14.3. The van der Waals surface area contributed by atoms with Crippen molar-refractivity contribution in [2.24, 2.45) is 5.73 Å². The van der Waals surface area contributed by atoms with Gasteiger partial charge in [-0.05, 0) is 24.1 Å². The zero-order valence-corrected chi connectivity index (χ0v) is 12.3. The summed E-state index contributed by atoms with van der Waals surface area (Å²) in [5, 5.41) is 3.05. The molecule has 0 saturated carbocycles. The first-order valence-corrected chi connectivity index (χ1v) is 6.94. The molecule has 0 heterocycles. The fraction of sp³-hybridized carbons (Fsp3) is 0.133. The number of amides is 1. The monoisotopic (exact) mass is 336 g/mol. The first kappa shape index (κ1) is 14.5. The molecule has 3 N–H and O–H groups in total. The highest BCUT2D eigenvalue weighted by molar-refractivity contribution is 9.10. The molecule has 0 radical (unpaired) electrons. The van der Waals surface area contributed by atoms with Crippen LogP contribution in [-0.4, -0.2) is 12.5 Å². The van der Waals surface area contributed by atoms with E-state index in [9.17, 15) is 9.18 Å². The van der Waals surface area contributed by atoms with Crippen molar-refractivity contribution in [3.8, 4) is 0 Å². The molecule has 1 amide bonds. The van der Waals surface area contributed by atoms with Crippen LogP contribution in [0.4, 0.5) is 10.1 Å². The molecular weight excluding hydrogens is 323 g/mol. The standard InChI is InChI=1S/C15H14BrFN2O/c16-11-8-12(17)14(15(18)20)13(9-11)19-7-6-10-4-2-1-3-5-10/h1-5,8-9,19H,6-7H2,(H2,18,20). The lowest BCUT2D eigenvalue weighted by molar-refractivity contribution is 0.0997. The van der Waals surface area contributed by atoms with E-state index in [2.05, 4.69) is 21.2 Å². The third-order valence-corrected chi connectivity index (χ3v) is 3.33. The van der Waals surface area contributed by atoms with Gasteiger partial charge in [0.1, 0.15) is 5.82 Å². The molecule has 0 aliphatic rings. The fourth-order valence-corrected chi connectivity index (χ4v) is 2.38. The van der Waals surface area contributed by atoms with Gasteiger partial charge in [0.05, 0.1) is 11.3 Å². The molecule has 0 atom stereocenters. The van der Waals surface area contributed by atoms with Crippen LogP contribution in [0.3, 0.4) is 0 Å². The molecule has 0 aromatic heterocycles. The molecule has 0 bridgehead atoms. The summed E-state index contributed by atoms with van der Waals surface area (Å²) in [6.45, 7) is 0.584. The van der Waals surface area contributed by atoms with Crippen molar-refractivity contribution >= 4 is 27.5 Å². The minimum atomic E-state index is -0.780. The van der Waals surface area contributed by atoms with Crippen LogP contribution >= 0.6 is 15.9 Å². The fourth-order valence-electron chi connectivity index (χ4n) is 1.95. The number of nitrogens with one attached hydrogen (secondary N) is 1. The Morgan fingerprint density at radius 1 is 1.25 bits per heavy atom. The van der Waals surface area contributed by atoms with Crippen molar-refractivity contribution in [1.82, 2.24) is 0 Å². The van der Waals surface area contributed by atoms with Gasteiger partial charge >= 0.3 is 0 Å². The van der Waals surface area contributed by atoms with E-state index in [0.717, 1.165) is 12.0 Å². The zero-order valence-electron chi connectivity index (χ0n) is 10.7. The number of nitrogens with two attached hydrogens (primary N) is 1. The highest BCUT2D eigenvalue weighted by Gasteiger charge is 2.15. The van der Waals surface area contributed by atoms with E-state index in [0.29, 0.717) is 16.7 Å². The number of anilines is 1. The molecule has 104 valence electrons. The number of hydrogen-bond acceptors (Lipinski definition) is 2. The van der Waals surface area contributed by atoms with E-state index in [4.69, 9.17) is 5.73 Å². The van der Waals surface area contributed by atoms with Gasteiger partial charge in [-0.2, -0.15) is 0 Å². The normalized spacial score (nSPS) is 10.3. The summed E-state index contributed by atoms with van der Waals surface area (Å²) >= 11 is 3.20. The van der Waals surface area contributed by atoms with Crippen LogP contribution in [0.1, 0.15) is 15.9 Å². The molecule has 2 aromatic rings. The average Bonchev–Trinajstić information content (AvgIpc) is 2.38. The van der Waals surface area contributed by atoms with Gasteiger partial charge in [-0.15, -0.1) is 0 Å². The maximum atomic E-state index is 13.7. The second-order valence-electron chi connectivity index (χ2n) is 4.34. The van der Waals surface area contributed by atoms with Crippen LogP contribution in [0.2, 0.25) is 0 Å². The molecule has 5 heteroatoms. The summed E-state index contributed by atoms with van der Waals surface area (Å²) in [4.78, 5) is 11.3. The number of halogens is 2. The van der Waals surface area contributed by atoms with E-state index >= 15 is 0 Å². The second-order valence-corrected chi connectivity index (χ2v) is 5.25. The largest absolute Gasteiger partial charge is 0.384 e. The van der Waals surface area contributed by atoms with E-state index in [-0.39, 0.29) is 5.56 Å². The van der Waals surface area contributed by atoms with Gasteiger partial charge in [0.2, 0.25) is 0 Å². The van der Waals surface area contributed by atoms with Gasteiger partial charge < -0.3 is 11.1 Å².